The predicted octanol–water partition coefficient (Wildman–Crippen LogP) is 3.37. The van der Waals surface area contributed by atoms with E-state index in [2.05, 4.69) is 37.0 Å². The van der Waals surface area contributed by atoms with E-state index in [1.54, 1.807) is 7.11 Å². The maximum Gasteiger partial charge on any atom is 0.213 e. The molecule has 2 rings (SSSR count). The average Bonchev–Trinajstić information content (AvgIpc) is 2.32. The fourth-order valence-corrected chi connectivity index (χ4v) is 1.69. The normalized spacial score (nSPS) is 10.2. The summed E-state index contributed by atoms with van der Waals surface area (Å²) in [6.45, 7) is 4.18. The minimum absolute atomic E-state index is 0.651. The van der Waals surface area contributed by atoms with Gasteiger partial charge in [-0.15, -0.1) is 0 Å². The highest BCUT2D eigenvalue weighted by Gasteiger charge is 2.04. The molecule has 2 heteroatoms. The Morgan fingerprint density at radius 1 is 1.06 bits per heavy atom. The Kier molecular flexibility index (Phi) is 2.91. The van der Waals surface area contributed by atoms with Crippen LogP contribution in [0.15, 0.2) is 36.4 Å². The van der Waals surface area contributed by atoms with Crippen LogP contribution in [0.2, 0.25) is 0 Å². The summed E-state index contributed by atoms with van der Waals surface area (Å²) in [7, 11) is 1.63. The van der Waals surface area contributed by atoms with Crippen molar-refractivity contribution in [2.24, 2.45) is 0 Å². The molecule has 16 heavy (non-hydrogen) atoms. The lowest BCUT2D eigenvalue weighted by Gasteiger charge is -2.07. The lowest BCUT2D eigenvalue weighted by Crippen LogP contribution is -1.91. The van der Waals surface area contributed by atoms with Crippen molar-refractivity contribution in [1.29, 1.82) is 0 Å². The summed E-state index contributed by atoms with van der Waals surface area (Å²) in [4.78, 5) is 4.44. The standard InChI is InChI=1S/C14H15NO/c1-10-7-8-11(2)12(9-10)13-5-4-6-14(15-13)16-3/h4-9H,1-3H3. The van der Waals surface area contributed by atoms with Crippen LogP contribution in [-0.2, 0) is 0 Å². The second-order valence-electron chi connectivity index (χ2n) is 3.88. The molecule has 0 aliphatic rings. The van der Waals surface area contributed by atoms with Crippen molar-refractivity contribution >= 4 is 0 Å². The Morgan fingerprint density at radius 2 is 1.88 bits per heavy atom. The highest BCUT2D eigenvalue weighted by Crippen LogP contribution is 2.24. The van der Waals surface area contributed by atoms with Crippen LogP contribution in [0.5, 0.6) is 5.88 Å². The Balaban J connectivity index is 2.53. The van der Waals surface area contributed by atoms with Crippen LogP contribution >= 0.6 is 0 Å². The third-order valence-electron chi connectivity index (χ3n) is 2.60. The van der Waals surface area contributed by atoms with Crippen LogP contribution in [0.3, 0.4) is 0 Å². The average molecular weight is 213 g/mol. The molecule has 0 saturated carbocycles. The largest absolute Gasteiger partial charge is 0.481 e. The molecule has 0 amide bonds. The maximum absolute atomic E-state index is 5.14. The van der Waals surface area contributed by atoms with Gasteiger partial charge in [0.1, 0.15) is 0 Å². The van der Waals surface area contributed by atoms with E-state index in [0.29, 0.717) is 5.88 Å². The van der Waals surface area contributed by atoms with Crippen LogP contribution in [0.4, 0.5) is 0 Å². The van der Waals surface area contributed by atoms with Gasteiger partial charge in [0.05, 0.1) is 12.8 Å². The highest BCUT2D eigenvalue weighted by molar-refractivity contribution is 5.64. The second kappa shape index (κ2) is 4.35. The monoisotopic (exact) mass is 213 g/mol. The number of aromatic nitrogens is 1. The molecule has 0 spiro atoms. The molecule has 82 valence electrons. The Labute approximate surface area is 95.9 Å². The van der Waals surface area contributed by atoms with Crippen LogP contribution in [-0.4, -0.2) is 12.1 Å². The third-order valence-corrected chi connectivity index (χ3v) is 2.60. The van der Waals surface area contributed by atoms with Crippen molar-refractivity contribution in [1.82, 2.24) is 4.98 Å². The van der Waals surface area contributed by atoms with Crippen LogP contribution in [0, 0.1) is 13.8 Å². The molecular formula is C14H15NO. The van der Waals surface area contributed by atoms with E-state index in [9.17, 15) is 0 Å². The Morgan fingerprint density at radius 3 is 2.62 bits per heavy atom. The van der Waals surface area contributed by atoms with Gasteiger partial charge in [-0.2, -0.15) is 0 Å². The van der Waals surface area contributed by atoms with Gasteiger partial charge in [-0.1, -0.05) is 23.8 Å². The Bertz CT molecular complexity index is 506. The highest BCUT2D eigenvalue weighted by atomic mass is 16.5. The van der Waals surface area contributed by atoms with Crippen molar-refractivity contribution in [2.75, 3.05) is 7.11 Å². The van der Waals surface area contributed by atoms with Crippen LogP contribution in [0.1, 0.15) is 11.1 Å². The quantitative estimate of drug-likeness (QED) is 0.763. The zero-order valence-electron chi connectivity index (χ0n) is 9.82. The summed E-state index contributed by atoms with van der Waals surface area (Å²) in [5.74, 6) is 0.651. The first kappa shape index (κ1) is 10.7. The molecule has 0 radical (unpaired) electrons. The van der Waals surface area contributed by atoms with Gasteiger partial charge in [-0.05, 0) is 31.5 Å². The number of nitrogens with zero attached hydrogens (tertiary/aromatic N) is 1. The molecule has 0 fully saturated rings. The van der Waals surface area contributed by atoms with Gasteiger partial charge in [0, 0.05) is 11.6 Å². The molecule has 0 atom stereocenters. The van der Waals surface area contributed by atoms with Gasteiger partial charge in [-0.25, -0.2) is 4.98 Å². The molecule has 2 aromatic rings. The molecule has 1 heterocycles. The number of hydrogen-bond acceptors (Lipinski definition) is 2. The summed E-state index contributed by atoms with van der Waals surface area (Å²) in [5, 5.41) is 0. The van der Waals surface area contributed by atoms with Crippen LogP contribution in [0.25, 0.3) is 11.3 Å². The predicted molar refractivity (Wildman–Crippen MR) is 65.7 cm³/mol. The van der Waals surface area contributed by atoms with E-state index in [1.807, 2.05) is 18.2 Å². The molecule has 0 unspecified atom stereocenters. The fraction of sp³-hybridized carbons (Fsp3) is 0.214. The minimum Gasteiger partial charge on any atom is -0.481 e. The molecule has 1 aromatic carbocycles. The van der Waals surface area contributed by atoms with E-state index in [0.717, 1.165) is 5.69 Å². The summed E-state index contributed by atoms with van der Waals surface area (Å²) < 4.78 is 5.14. The van der Waals surface area contributed by atoms with Crippen molar-refractivity contribution in [3.8, 4) is 17.1 Å². The smallest absolute Gasteiger partial charge is 0.213 e. The van der Waals surface area contributed by atoms with Gasteiger partial charge >= 0.3 is 0 Å². The van der Waals surface area contributed by atoms with Gasteiger partial charge in [0.25, 0.3) is 0 Å². The summed E-state index contributed by atoms with van der Waals surface area (Å²) in [6.07, 6.45) is 0. The lowest BCUT2D eigenvalue weighted by molar-refractivity contribution is 0.398. The SMILES string of the molecule is COc1cccc(-c2cc(C)ccc2C)n1. The number of rotatable bonds is 2. The van der Waals surface area contributed by atoms with E-state index < -0.39 is 0 Å². The molecular weight excluding hydrogens is 198 g/mol. The first-order valence-corrected chi connectivity index (χ1v) is 5.29. The van der Waals surface area contributed by atoms with Gasteiger partial charge in [-0.3, -0.25) is 0 Å². The molecule has 0 aliphatic heterocycles. The summed E-state index contributed by atoms with van der Waals surface area (Å²) >= 11 is 0. The second-order valence-corrected chi connectivity index (χ2v) is 3.88. The fourth-order valence-electron chi connectivity index (χ4n) is 1.69. The third kappa shape index (κ3) is 2.06. The van der Waals surface area contributed by atoms with E-state index in [1.165, 1.54) is 16.7 Å². The van der Waals surface area contributed by atoms with Crippen molar-refractivity contribution in [3.05, 3.63) is 47.5 Å². The van der Waals surface area contributed by atoms with Gasteiger partial charge in [0.15, 0.2) is 0 Å². The van der Waals surface area contributed by atoms with E-state index in [4.69, 9.17) is 4.74 Å². The molecule has 0 aliphatic carbocycles. The molecule has 0 saturated heterocycles. The molecule has 0 N–H and O–H groups in total. The number of aryl methyl sites for hydroxylation is 2. The topological polar surface area (TPSA) is 22.1 Å². The minimum atomic E-state index is 0.651. The summed E-state index contributed by atoms with van der Waals surface area (Å²) in [5.41, 5.74) is 4.59. The van der Waals surface area contributed by atoms with E-state index >= 15 is 0 Å². The number of methoxy groups -OCH3 is 1. The summed E-state index contributed by atoms with van der Waals surface area (Å²) in [6, 6.07) is 12.2. The molecule has 1 aromatic heterocycles. The first-order valence-electron chi connectivity index (χ1n) is 5.29. The van der Waals surface area contributed by atoms with Crippen molar-refractivity contribution in [2.45, 2.75) is 13.8 Å². The number of hydrogen-bond donors (Lipinski definition) is 0. The number of pyridine rings is 1. The molecule has 2 nitrogen and oxygen atoms in total. The first-order chi connectivity index (χ1) is 7.70. The zero-order chi connectivity index (χ0) is 11.5. The van der Waals surface area contributed by atoms with Gasteiger partial charge in [0.2, 0.25) is 5.88 Å². The molecule has 0 bridgehead atoms. The van der Waals surface area contributed by atoms with E-state index in [-0.39, 0.29) is 0 Å². The number of ether oxygens (including phenoxy) is 1. The lowest BCUT2D eigenvalue weighted by atomic mass is 10.0. The zero-order valence-corrected chi connectivity index (χ0v) is 9.82. The maximum atomic E-state index is 5.14. The number of benzene rings is 1. The Hall–Kier alpha value is -1.83. The van der Waals surface area contributed by atoms with Crippen molar-refractivity contribution in [3.63, 3.8) is 0 Å². The van der Waals surface area contributed by atoms with Crippen LogP contribution < -0.4 is 4.74 Å². The van der Waals surface area contributed by atoms with Gasteiger partial charge < -0.3 is 4.74 Å². The van der Waals surface area contributed by atoms with Crippen molar-refractivity contribution < 1.29 is 4.74 Å².